The van der Waals surface area contributed by atoms with Crippen LogP contribution in [0.15, 0.2) is 59.2 Å². The Bertz CT molecular complexity index is 1450. The molecule has 0 aliphatic rings. The summed E-state index contributed by atoms with van der Waals surface area (Å²) in [5.74, 6) is -0.892. The van der Waals surface area contributed by atoms with E-state index in [2.05, 4.69) is 20.6 Å². The van der Waals surface area contributed by atoms with Gasteiger partial charge in [-0.05, 0) is 57.0 Å². The number of aromatic amines is 1. The van der Waals surface area contributed by atoms with Gasteiger partial charge in [0.05, 0.1) is 17.6 Å². The Balaban J connectivity index is 1.76. The Morgan fingerprint density at radius 3 is 2.68 bits per heavy atom. The number of amides is 3. The zero-order valence-electron chi connectivity index (χ0n) is 21.8. The molecule has 3 amide bonds. The Kier molecular flexibility index (Phi) is 9.20. The third-order valence-electron chi connectivity index (χ3n) is 5.61. The average Bonchev–Trinajstić information content (AvgIpc) is 3.26. The first kappa shape index (κ1) is 27.9. The number of aromatic nitrogens is 3. The van der Waals surface area contributed by atoms with Crippen LogP contribution in [0.3, 0.4) is 0 Å². The maximum atomic E-state index is 13.1. The molecule has 11 heteroatoms. The molecule has 0 aliphatic heterocycles. The van der Waals surface area contributed by atoms with Crippen LogP contribution < -0.4 is 16.2 Å². The molecule has 38 heavy (non-hydrogen) atoms. The van der Waals surface area contributed by atoms with Crippen molar-refractivity contribution >= 4 is 40.7 Å². The SMILES string of the molecule is CC(C)=Cc1ccnc2cc(Cn3cccc(NC(=O)C(CCC=CC(=O)N(C)C)NC(=O)O)c3=O)[nH]c12. The largest absolute Gasteiger partial charge is 0.465 e. The third kappa shape index (κ3) is 7.42. The minimum atomic E-state index is -1.37. The van der Waals surface area contributed by atoms with E-state index in [1.54, 1.807) is 38.6 Å². The summed E-state index contributed by atoms with van der Waals surface area (Å²) in [4.78, 5) is 57.9. The fourth-order valence-corrected chi connectivity index (χ4v) is 3.79. The van der Waals surface area contributed by atoms with Crippen LogP contribution in [-0.4, -0.2) is 62.6 Å². The van der Waals surface area contributed by atoms with Gasteiger partial charge in [-0.3, -0.25) is 19.4 Å². The van der Waals surface area contributed by atoms with E-state index >= 15 is 0 Å². The predicted molar refractivity (Wildman–Crippen MR) is 146 cm³/mol. The van der Waals surface area contributed by atoms with Crippen LogP contribution in [0.4, 0.5) is 10.5 Å². The molecule has 0 aliphatic carbocycles. The molecule has 0 fully saturated rings. The number of nitrogens with zero attached hydrogens (tertiary/aromatic N) is 3. The minimum Gasteiger partial charge on any atom is -0.465 e. The number of rotatable bonds is 10. The van der Waals surface area contributed by atoms with Gasteiger partial charge in [-0.2, -0.15) is 0 Å². The highest BCUT2D eigenvalue weighted by Crippen LogP contribution is 2.20. The first-order valence-corrected chi connectivity index (χ1v) is 12.0. The van der Waals surface area contributed by atoms with Crippen molar-refractivity contribution in [1.82, 2.24) is 24.8 Å². The van der Waals surface area contributed by atoms with Gasteiger partial charge in [0, 0.05) is 37.7 Å². The lowest BCUT2D eigenvalue weighted by atomic mass is 10.1. The van der Waals surface area contributed by atoms with Crippen LogP contribution >= 0.6 is 0 Å². The van der Waals surface area contributed by atoms with Crippen LogP contribution in [0.5, 0.6) is 0 Å². The van der Waals surface area contributed by atoms with E-state index in [0.717, 1.165) is 27.9 Å². The van der Waals surface area contributed by atoms with Gasteiger partial charge >= 0.3 is 6.09 Å². The Morgan fingerprint density at radius 1 is 1.24 bits per heavy atom. The number of carboxylic acid groups (broad SMARTS) is 1. The molecule has 0 saturated carbocycles. The molecule has 0 bridgehead atoms. The number of likely N-dealkylation sites (N-methyl/N-ethyl adjacent to an activating group) is 1. The van der Waals surface area contributed by atoms with E-state index in [0.29, 0.717) is 0 Å². The van der Waals surface area contributed by atoms with Crippen LogP contribution in [0.25, 0.3) is 17.1 Å². The van der Waals surface area contributed by atoms with Gasteiger partial charge < -0.3 is 30.2 Å². The molecular weight excluding hydrogens is 488 g/mol. The molecule has 4 N–H and O–H groups in total. The molecule has 0 spiro atoms. The molecule has 0 saturated heterocycles. The second-order valence-corrected chi connectivity index (χ2v) is 9.24. The first-order valence-electron chi connectivity index (χ1n) is 12.0. The van der Waals surface area contributed by atoms with Crippen molar-refractivity contribution in [3.05, 3.63) is 76.0 Å². The summed E-state index contributed by atoms with van der Waals surface area (Å²) in [5, 5.41) is 13.9. The summed E-state index contributed by atoms with van der Waals surface area (Å²) >= 11 is 0. The van der Waals surface area contributed by atoms with Gasteiger partial charge in [-0.15, -0.1) is 0 Å². The predicted octanol–water partition coefficient (Wildman–Crippen LogP) is 3.20. The second kappa shape index (κ2) is 12.5. The number of hydrogen-bond acceptors (Lipinski definition) is 5. The molecule has 3 aromatic rings. The quantitative estimate of drug-likeness (QED) is 0.302. The minimum absolute atomic E-state index is 0.0208. The second-order valence-electron chi connectivity index (χ2n) is 9.24. The summed E-state index contributed by atoms with van der Waals surface area (Å²) in [6.07, 6.45) is 7.32. The van der Waals surface area contributed by atoms with Crippen LogP contribution in [0.1, 0.15) is 37.9 Å². The standard InChI is InChI=1S/C27H32N6O5/c1-17(2)14-18-11-12-28-22-15-19(29-24(18)22)16-33-13-7-9-21(26(33)36)30-25(35)20(31-27(37)38)8-5-6-10-23(34)32(3)4/h6-7,9-15,20,29,31H,5,8,16H2,1-4H3,(H,30,35)(H,37,38). The number of allylic oxidation sites excluding steroid dienone is 2. The molecule has 1 unspecified atom stereocenters. The van der Waals surface area contributed by atoms with E-state index in [1.807, 2.05) is 32.1 Å². The molecule has 0 aromatic carbocycles. The van der Waals surface area contributed by atoms with Gasteiger partial charge in [0.1, 0.15) is 11.7 Å². The molecule has 3 heterocycles. The monoisotopic (exact) mass is 520 g/mol. The lowest BCUT2D eigenvalue weighted by molar-refractivity contribution is -0.123. The number of carbonyl (C=O) groups is 3. The highest BCUT2D eigenvalue weighted by atomic mass is 16.4. The van der Waals surface area contributed by atoms with Crippen LogP contribution in [0, 0.1) is 0 Å². The molecular formula is C27H32N6O5. The maximum absolute atomic E-state index is 13.1. The summed E-state index contributed by atoms with van der Waals surface area (Å²) in [5.41, 5.74) is 4.11. The van der Waals surface area contributed by atoms with Crippen molar-refractivity contribution in [1.29, 1.82) is 0 Å². The summed E-state index contributed by atoms with van der Waals surface area (Å²) in [6, 6.07) is 5.76. The van der Waals surface area contributed by atoms with Gasteiger partial charge in [0.15, 0.2) is 0 Å². The fraction of sp³-hybridized carbons (Fsp3) is 0.296. The zero-order chi connectivity index (χ0) is 27.8. The van der Waals surface area contributed by atoms with Gasteiger partial charge in [0.2, 0.25) is 11.8 Å². The van der Waals surface area contributed by atoms with Crippen LogP contribution in [0.2, 0.25) is 0 Å². The Morgan fingerprint density at radius 2 is 2.00 bits per heavy atom. The number of anilines is 1. The molecule has 11 nitrogen and oxygen atoms in total. The Labute approximate surface area is 219 Å². The topological polar surface area (TPSA) is 149 Å². The molecule has 1 atom stereocenters. The number of nitrogens with one attached hydrogen (secondary N) is 3. The third-order valence-corrected chi connectivity index (χ3v) is 5.61. The lowest BCUT2D eigenvalue weighted by Crippen LogP contribution is -2.44. The summed E-state index contributed by atoms with van der Waals surface area (Å²) in [6.45, 7) is 4.23. The normalized spacial score (nSPS) is 11.8. The zero-order valence-corrected chi connectivity index (χ0v) is 21.8. The van der Waals surface area contributed by atoms with Crippen molar-refractivity contribution in [2.45, 2.75) is 39.3 Å². The smallest absolute Gasteiger partial charge is 0.405 e. The number of fused-ring (bicyclic) bond motifs is 1. The van der Waals surface area contributed by atoms with Crippen molar-refractivity contribution in [2.24, 2.45) is 0 Å². The number of hydrogen-bond donors (Lipinski definition) is 4. The molecule has 200 valence electrons. The molecule has 0 radical (unpaired) electrons. The number of carbonyl (C=O) groups excluding carboxylic acids is 2. The van der Waals surface area contributed by atoms with Crippen molar-refractivity contribution in [3.8, 4) is 0 Å². The maximum Gasteiger partial charge on any atom is 0.405 e. The van der Waals surface area contributed by atoms with E-state index in [-0.39, 0.29) is 31.0 Å². The van der Waals surface area contributed by atoms with Gasteiger partial charge in [-0.25, -0.2) is 4.79 Å². The van der Waals surface area contributed by atoms with E-state index in [1.165, 1.54) is 21.6 Å². The highest BCUT2D eigenvalue weighted by molar-refractivity contribution is 5.96. The number of H-pyrrole nitrogens is 1. The first-order chi connectivity index (χ1) is 18.0. The van der Waals surface area contributed by atoms with Crippen molar-refractivity contribution in [3.63, 3.8) is 0 Å². The van der Waals surface area contributed by atoms with Gasteiger partial charge in [0.25, 0.3) is 5.56 Å². The highest BCUT2D eigenvalue weighted by Gasteiger charge is 2.21. The average molecular weight is 521 g/mol. The van der Waals surface area contributed by atoms with Crippen molar-refractivity contribution < 1.29 is 19.5 Å². The van der Waals surface area contributed by atoms with E-state index in [9.17, 15) is 19.2 Å². The summed E-state index contributed by atoms with van der Waals surface area (Å²) in [7, 11) is 3.22. The van der Waals surface area contributed by atoms with E-state index < -0.39 is 23.6 Å². The summed E-state index contributed by atoms with van der Waals surface area (Å²) < 4.78 is 1.44. The van der Waals surface area contributed by atoms with Crippen LogP contribution in [-0.2, 0) is 16.1 Å². The number of pyridine rings is 2. The molecule has 3 rings (SSSR count). The fourth-order valence-electron chi connectivity index (χ4n) is 3.79. The van der Waals surface area contributed by atoms with E-state index in [4.69, 9.17) is 5.11 Å². The van der Waals surface area contributed by atoms with Crippen molar-refractivity contribution in [2.75, 3.05) is 19.4 Å². The lowest BCUT2D eigenvalue weighted by Gasteiger charge is -2.16. The van der Waals surface area contributed by atoms with Gasteiger partial charge in [-0.1, -0.05) is 17.7 Å². The molecule has 3 aromatic heterocycles. The Hall–Kier alpha value is -4.67.